The molecule has 1 saturated heterocycles. The zero-order valence-corrected chi connectivity index (χ0v) is 10.4. The van der Waals surface area contributed by atoms with Crippen molar-refractivity contribution in [3.63, 3.8) is 0 Å². The van der Waals surface area contributed by atoms with Crippen LogP contribution in [0.3, 0.4) is 0 Å². The third-order valence-corrected chi connectivity index (χ3v) is 7.61. The van der Waals surface area contributed by atoms with Gasteiger partial charge in [0, 0.05) is 10.00 Å². The Hall–Kier alpha value is 0.350. The summed E-state index contributed by atoms with van der Waals surface area (Å²) in [5.41, 5.74) is 0. The van der Waals surface area contributed by atoms with E-state index >= 15 is 0 Å². The average molecular weight is 222 g/mol. The smallest absolute Gasteiger partial charge is 0.0194 e. The SMILES string of the molecule is C1CCC2C(C1)C1CCC(C1)SC21CC1. The number of rotatable bonds is 0. The molecule has 0 nitrogen and oxygen atoms in total. The molecule has 0 aromatic heterocycles. The lowest BCUT2D eigenvalue weighted by Gasteiger charge is -2.39. The Labute approximate surface area is 97.6 Å². The van der Waals surface area contributed by atoms with Gasteiger partial charge in [0.05, 0.1) is 0 Å². The third-order valence-electron chi connectivity index (χ3n) is 5.67. The van der Waals surface area contributed by atoms with Gasteiger partial charge in [-0.15, -0.1) is 0 Å². The average Bonchev–Trinajstić information content (AvgIpc) is 2.92. The van der Waals surface area contributed by atoms with Crippen molar-refractivity contribution in [2.24, 2.45) is 17.8 Å². The van der Waals surface area contributed by atoms with Gasteiger partial charge in [0.1, 0.15) is 0 Å². The Balaban J connectivity index is 1.69. The molecule has 4 unspecified atom stereocenters. The molecule has 1 aliphatic heterocycles. The van der Waals surface area contributed by atoms with Gasteiger partial charge in [-0.05, 0) is 62.7 Å². The highest BCUT2D eigenvalue weighted by molar-refractivity contribution is 8.01. The third kappa shape index (κ3) is 1.34. The maximum atomic E-state index is 2.45. The number of hydrogen-bond donors (Lipinski definition) is 0. The van der Waals surface area contributed by atoms with E-state index in [9.17, 15) is 0 Å². The van der Waals surface area contributed by atoms with Crippen molar-refractivity contribution in [2.75, 3.05) is 0 Å². The zero-order chi connectivity index (χ0) is 9.88. The summed E-state index contributed by atoms with van der Waals surface area (Å²) in [4.78, 5) is 0. The van der Waals surface area contributed by atoms with E-state index in [0.29, 0.717) is 0 Å². The van der Waals surface area contributed by atoms with Gasteiger partial charge in [-0.3, -0.25) is 0 Å². The van der Waals surface area contributed by atoms with Crippen molar-refractivity contribution in [2.45, 2.75) is 67.8 Å². The molecule has 4 rings (SSSR count). The van der Waals surface area contributed by atoms with Crippen molar-refractivity contribution in [1.82, 2.24) is 0 Å². The molecule has 4 fully saturated rings. The second-order valence-corrected chi connectivity index (χ2v) is 8.15. The van der Waals surface area contributed by atoms with Gasteiger partial charge in [-0.2, -0.15) is 11.8 Å². The van der Waals surface area contributed by atoms with Crippen molar-refractivity contribution in [3.05, 3.63) is 0 Å². The molecule has 0 aromatic carbocycles. The molecule has 84 valence electrons. The maximum absolute atomic E-state index is 2.45. The van der Waals surface area contributed by atoms with Crippen LogP contribution in [0.2, 0.25) is 0 Å². The van der Waals surface area contributed by atoms with E-state index in [4.69, 9.17) is 0 Å². The Kier molecular flexibility index (Phi) is 1.99. The first kappa shape index (κ1) is 9.39. The van der Waals surface area contributed by atoms with Crippen LogP contribution < -0.4 is 0 Å². The fourth-order valence-corrected chi connectivity index (χ4v) is 6.94. The van der Waals surface area contributed by atoms with E-state index < -0.39 is 0 Å². The minimum atomic E-state index is 0.824. The second-order valence-electron chi connectivity index (χ2n) is 6.43. The second kappa shape index (κ2) is 3.18. The summed E-state index contributed by atoms with van der Waals surface area (Å²) in [5, 5.41) is 1.07. The van der Waals surface area contributed by atoms with Gasteiger partial charge >= 0.3 is 0 Å². The van der Waals surface area contributed by atoms with Crippen LogP contribution >= 0.6 is 11.8 Å². The molecule has 1 heterocycles. The zero-order valence-electron chi connectivity index (χ0n) is 9.58. The first-order valence-corrected chi connectivity index (χ1v) is 7.93. The van der Waals surface area contributed by atoms with E-state index in [2.05, 4.69) is 11.8 Å². The van der Waals surface area contributed by atoms with Crippen molar-refractivity contribution in [3.8, 4) is 0 Å². The number of hydrogen-bond acceptors (Lipinski definition) is 1. The van der Waals surface area contributed by atoms with E-state index in [1.54, 1.807) is 57.8 Å². The predicted octanol–water partition coefficient (Wildman–Crippen LogP) is 4.24. The lowest BCUT2D eigenvalue weighted by Crippen LogP contribution is -2.33. The minimum absolute atomic E-state index is 0.824. The summed E-state index contributed by atoms with van der Waals surface area (Å²) >= 11 is 2.45. The summed E-state index contributed by atoms with van der Waals surface area (Å²) in [7, 11) is 0. The number of thioether (sulfide) groups is 1. The molecule has 1 spiro atoms. The van der Waals surface area contributed by atoms with Gasteiger partial charge in [-0.1, -0.05) is 12.8 Å². The molecule has 4 aliphatic rings. The van der Waals surface area contributed by atoms with E-state index in [0.717, 1.165) is 27.8 Å². The molecule has 0 radical (unpaired) electrons. The van der Waals surface area contributed by atoms with Crippen LogP contribution in [-0.2, 0) is 0 Å². The molecule has 0 N–H and O–H groups in total. The Morgan fingerprint density at radius 1 is 0.933 bits per heavy atom. The molecule has 1 heteroatoms. The van der Waals surface area contributed by atoms with Crippen molar-refractivity contribution < 1.29 is 0 Å². The largest absolute Gasteiger partial charge is 0.151 e. The lowest BCUT2D eigenvalue weighted by atomic mass is 9.69. The van der Waals surface area contributed by atoms with Crippen LogP contribution in [0.5, 0.6) is 0 Å². The highest BCUT2D eigenvalue weighted by Crippen LogP contribution is 2.66. The predicted molar refractivity (Wildman–Crippen MR) is 66.1 cm³/mol. The number of fused-ring (bicyclic) bond motifs is 5. The van der Waals surface area contributed by atoms with Gasteiger partial charge in [0.2, 0.25) is 0 Å². The van der Waals surface area contributed by atoms with E-state index in [1.807, 2.05) is 0 Å². The van der Waals surface area contributed by atoms with Crippen LogP contribution in [0.1, 0.15) is 57.8 Å². The first-order valence-electron chi connectivity index (χ1n) is 7.05. The maximum Gasteiger partial charge on any atom is 0.0194 e. The van der Waals surface area contributed by atoms with Gasteiger partial charge in [0.15, 0.2) is 0 Å². The van der Waals surface area contributed by atoms with Crippen LogP contribution in [-0.4, -0.2) is 10.00 Å². The van der Waals surface area contributed by atoms with Gasteiger partial charge in [-0.25, -0.2) is 0 Å². The topological polar surface area (TPSA) is 0 Å². The Morgan fingerprint density at radius 3 is 2.67 bits per heavy atom. The Morgan fingerprint density at radius 2 is 1.80 bits per heavy atom. The molecular weight excluding hydrogens is 200 g/mol. The van der Waals surface area contributed by atoms with E-state index in [-0.39, 0.29) is 0 Å². The van der Waals surface area contributed by atoms with Gasteiger partial charge < -0.3 is 0 Å². The summed E-state index contributed by atoms with van der Waals surface area (Å²) in [6.45, 7) is 0. The molecule has 3 aliphatic carbocycles. The van der Waals surface area contributed by atoms with Crippen LogP contribution in [0.4, 0.5) is 0 Å². The van der Waals surface area contributed by atoms with Crippen LogP contribution in [0.25, 0.3) is 0 Å². The highest BCUT2D eigenvalue weighted by Gasteiger charge is 2.58. The normalized spacial score (nSPS) is 51.2. The first-order chi connectivity index (χ1) is 7.37. The van der Waals surface area contributed by atoms with Crippen molar-refractivity contribution in [1.29, 1.82) is 0 Å². The summed E-state index contributed by atoms with van der Waals surface area (Å²) in [5.74, 6) is 3.44. The molecule has 0 amide bonds. The fourth-order valence-electron chi connectivity index (χ4n) is 4.88. The fraction of sp³-hybridized carbons (Fsp3) is 1.00. The van der Waals surface area contributed by atoms with Crippen LogP contribution in [0.15, 0.2) is 0 Å². The molecule has 0 aromatic rings. The summed E-state index contributed by atoms with van der Waals surface area (Å²) in [6, 6.07) is 0. The molecule has 3 saturated carbocycles. The Bertz CT molecular complexity index is 269. The standard InChI is InChI=1S/C14H22S/c1-2-4-13-12(3-1)10-5-6-11(9-10)15-14(13)7-8-14/h10-13H,1-9H2. The van der Waals surface area contributed by atoms with Gasteiger partial charge in [0.25, 0.3) is 0 Å². The molecule has 2 bridgehead atoms. The quantitative estimate of drug-likeness (QED) is 0.591. The minimum Gasteiger partial charge on any atom is -0.151 e. The lowest BCUT2D eigenvalue weighted by molar-refractivity contribution is 0.157. The summed E-state index contributed by atoms with van der Waals surface area (Å²) < 4.78 is 0.824. The molecule has 4 atom stereocenters. The van der Waals surface area contributed by atoms with Crippen molar-refractivity contribution >= 4 is 11.8 Å². The van der Waals surface area contributed by atoms with E-state index in [1.165, 1.54) is 0 Å². The highest BCUT2D eigenvalue weighted by atomic mass is 32.2. The molecule has 15 heavy (non-hydrogen) atoms. The monoisotopic (exact) mass is 222 g/mol. The summed E-state index contributed by atoms with van der Waals surface area (Å²) in [6.07, 6.45) is 14.1. The molecular formula is C14H22S. The van der Waals surface area contributed by atoms with Crippen LogP contribution in [0, 0.1) is 17.8 Å².